The first-order valence-electron chi connectivity index (χ1n) is 7.30. The fourth-order valence-corrected chi connectivity index (χ4v) is 2.69. The number of halogens is 1. The van der Waals surface area contributed by atoms with Gasteiger partial charge in [-0.25, -0.2) is 4.79 Å². The van der Waals surface area contributed by atoms with Crippen molar-refractivity contribution in [3.8, 4) is 11.8 Å². The van der Waals surface area contributed by atoms with Gasteiger partial charge in [-0.05, 0) is 17.7 Å². The van der Waals surface area contributed by atoms with Crippen LogP contribution in [0.5, 0.6) is 0 Å². The topological polar surface area (TPSA) is 98.9 Å². The van der Waals surface area contributed by atoms with E-state index in [1.54, 1.807) is 21.6 Å². The van der Waals surface area contributed by atoms with Crippen LogP contribution in [0.15, 0.2) is 42.9 Å². The molecule has 3 aromatic rings. The van der Waals surface area contributed by atoms with E-state index < -0.39 is 5.97 Å². The maximum Gasteiger partial charge on any atom is 0.357 e. The second-order valence-electron chi connectivity index (χ2n) is 5.30. The highest BCUT2D eigenvalue weighted by molar-refractivity contribution is 6.30. The van der Waals surface area contributed by atoms with Gasteiger partial charge in [0.2, 0.25) is 0 Å². The molecular weight excluding hydrogens is 342 g/mol. The minimum absolute atomic E-state index is 0.0959. The molecule has 8 heteroatoms. The third-order valence-corrected chi connectivity index (χ3v) is 3.87. The molecule has 3 rings (SSSR count). The van der Waals surface area contributed by atoms with Gasteiger partial charge in [0.1, 0.15) is 6.07 Å². The van der Waals surface area contributed by atoms with Crippen molar-refractivity contribution < 1.29 is 9.53 Å². The molecule has 0 fully saturated rings. The quantitative estimate of drug-likeness (QED) is 0.725. The summed E-state index contributed by atoms with van der Waals surface area (Å²) in [5.74, 6) is -0.608. The van der Waals surface area contributed by atoms with Crippen LogP contribution in [0.3, 0.4) is 0 Å². The van der Waals surface area contributed by atoms with Crippen LogP contribution in [-0.2, 0) is 11.3 Å². The molecule has 7 nitrogen and oxygen atoms in total. The number of nitrogen functional groups attached to an aromatic ring is 1. The molecule has 0 aliphatic carbocycles. The summed E-state index contributed by atoms with van der Waals surface area (Å²) in [5, 5.41) is 13.9. The van der Waals surface area contributed by atoms with Gasteiger partial charge < -0.3 is 15.0 Å². The Morgan fingerprint density at radius 2 is 2.24 bits per heavy atom. The number of esters is 1. The fraction of sp³-hybridized carbons (Fsp3) is 0.118. The Morgan fingerprint density at radius 3 is 2.88 bits per heavy atom. The van der Waals surface area contributed by atoms with Crippen molar-refractivity contribution in [1.82, 2.24) is 14.3 Å². The Balaban J connectivity index is 2.04. The largest absolute Gasteiger partial charge is 0.464 e. The van der Waals surface area contributed by atoms with Crippen LogP contribution < -0.4 is 5.73 Å². The normalized spacial score (nSPS) is 10.4. The van der Waals surface area contributed by atoms with Crippen molar-refractivity contribution in [2.45, 2.75) is 6.54 Å². The highest BCUT2D eigenvalue weighted by atomic mass is 35.5. The van der Waals surface area contributed by atoms with Gasteiger partial charge in [-0.1, -0.05) is 23.7 Å². The number of aromatic nitrogens is 3. The van der Waals surface area contributed by atoms with Crippen molar-refractivity contribution in [1.29, 1.82) is 5.26 Å². The first-order valence-corrected chi connectivity index (χ1v) is 7.67. The summed E-state index contributed by atoms with van der Waals surface area (Å²) in [7, 11) is 1.27. The number of methoxy groups -OCH3 is 1. The molecule has 0 bridgehead atoms. The van der Waals surface area contributed by atoms with Gasteiger partial charge >= 0.3 is 5.97 Å². The lowest BCUT2D eigenvalue weighted by molar-refractivity contribution is 0.0593. The van der Waals surface area contributed by atoms with Crippen molar-refractivity contribution in [2.24, 2.45) is 0 Å². The Labute approximate surface area is 148 Å². The zero-order chi connectivity index (χ0) is 18.0. The van der Waals surface area contributed by atoms with Crippen molar-refractivity contribution in [3.05, 3.63) is 64.7 Å². The van der Waals surface area contributed by atoms with E-state index in [0.29, 0.717) is 17.3 Å². The summed E-state index contributed by atoms with van der Waals surface area (Å²) in [4.78, 5) is 12.1. The highest BCUT2D eigenvalue weighted by Crippen LogP contribution is 2.25. The molecule has 25 heavy (non-hydrogen) atoms. The first-order chi connectivity index (χ1) is 12.0. The Hall–Kier alpha value is -3.24. The standard InChI is InChI=1S/C17H14ClN5O2/c1-25-17(24)16-15(20)12(6-19)9-23(16)14-4-2-3-11(5-14)8-22-10-13(18)7-21-22/h2-5,7,9-10H,8,20H2,1H3. The predicted octanol–water partition coefficient (Wildman–Crippen LogP) is 2.62. The molecule has 2 aromatic heterocycles. The molecule has 2 N–H and O–H groups in total. The van der Waals surface area contributed by atoms with Crippen LogP contribution in [0.4, 0.5) is 5.69 Å². The van der Waals surface area contributed by atoms with E-state index in [2.05, 4.69) is 5.10 Å². The smallest absolute Gasteiger partial charge is 0.357 e. The minimum atomic E-state index is -0.608. The molecule has 0 radical (unpaired) electrons. The van der Waals surface area contributed by atoms with Crippen molar-refractivity contribution in [3.63, 3.8) is 0 Å². The minimum Gasteiger partial charge on any atom is -0.464 e. The second-order valence-corrected chi connectivity index (χ2v) is 5.74. The maximum absolute atomic E-state index is 12.1. The van der Waals surface area contributed by atoms with Crippen molar-refractivity contribution in [2.75, 3.05) is 12.8 Å². The summed E-state index contributed by atoms with van der Waals surface area (Å²) in [5.41, 5.74) is 7.98. The number of hydrogen-bond donors (Lipinski definition) is 1. The molecule has 0 spiro atoms. The molecular formula is C17H14ClN5O2. The van der Waals surface area contributed by atoms with Gasteiger partial charge in [0.15, 0.2) is 5.69 Å². The highest BCUT2D eigenvalue weighted by Gasteiger charge is 2.21. The van der Waals surface area contributed by atoms with Crippen LogP contribution in [0.2, 0.25) is 5.02 Å². The van der Waals surface area contributed by atoms with Crippen molar-refractivity contribution >= 4 is 23.3 Å². The molecule has 1 aromatic carbocycles. The van der Waals surface area contributed by atoms with E-state index in [1.807, 2.05) is 30.3 Å². The monoisotopic (exact) mass is 355 g/mol. The fourth-order valence-electron chi connectivity index (χ4n) is 2.53. The average Bonchev–Trinajstić information content (AvgIpc) is 3.17. The van der Waals surface area contributed by atoms with E-state index in [0.717, 1.165) is 5.56 Å². The predicted molar refractivity (Wildman–Crippen MR) is 92.6 cm³/mol. The van der Waals surface area contributed by atoms with E-state index in [9.17, 15) is 10.1 Å². The van der Waals surface area contributed by atoms with Crippen LogP contribution in [-0.4, -0.2) is 27.4 Å². The van der Waals surface area contributed by atoms with Gasteiger partial charge in [-0.3, -0.25) is 4.68 Å². The second kappa shape index (κ2) is 6.71. The lowest BCUT2D eigenvalue weighted by Crippen LogP contribution is -2.11. The molecule has 0 saturated carbocycles. The van der Waals surface area contributed by atoms with Gasteiger partial charge in [-0.2, -0.15) is 10.4 Å². The SMILES string of the molecule is COC(=O)c1c(N)c(C#N)cn1-c1cccc(Cn2cc(Cl)cn2)c1. The molecule has 0 amide bonds. The number of ether oxygens (including phenoxy) is 1. The van der Waals surface area contributed by atoms with Crippen LogP contribution in [0.25, 0.3) is 5.69 Å². The molecule has 0 aliphatic heterocycles. The maximum atomic E-state index is 12.1. The van der Waals surface area contributed by atoms with E-state index in [1.165, 1.54) is 13.3 Å². The number of nitriles is 1. The molecule has 0 saturated heterocycles. The summed E-state index contributed by atoms with van der Waals surface area (Å²) < 4.78 is 8.04. The number of carbonyl (C=O) groups excluding carboxylic acids is 1. The third kappa shape index (κ3) is 3.20. The van der Waals surface area contributed by atoms with E-state index in [4.69, 9.17) is 22.1 Å². The van der Waals surface area contributed by atoms with E-state index in [-0.39, 0.29) is 16.9 Å². The average molecular weight is 356 g/mol. The number of hydrogen-bond acceptors (Lipinski definition) is 5. The Bertz CT molecular complexity index is 983. The number of nitrogens with zero attached hydrogens (tertiary/aromatic N) is 4. The molecule has 2 heterocycles. The van der Waals surface area contributed by atoms with Gasteiger partial charge in [0, 0.05) is 18.1 Å². The summed E-state index contributed by atoms with van der Waals surface area (Å²) >= 11 is 5.88. The number of rotatable bonds is 4. The summed E-state index contributed by atoms with van der Waals surface area (Å²) in [6, 6.07) is 9.44. The number of anilines is 1. The third-order valence-electron chi connectivity index (χ3n) is 3.68. The lowest BCUT2D eigenvalue weighted by atomic mass is 10.2. The zero-order valence-electron chi connectivity index (χ0n) is 13.3. The van der Waals surface area contributed by atoms with E-state index >= 15 is 0 Å². The Morgan fingerprint density at radius 1 is 1.44 bits per heavy atom. The number of benzene rings is 1. The van der Waals surface area contributed by atoms with Crippen LogP contribution in [0, 0.1) is 11.3 Å². The molecule has 0 aliphatic rings. The van der Waals surface area contributed by atoms with Gasteiger partial charge in [-0.15, -0.1) is 0 Å². The first kappa shape index (κ1) is 16.6. The number of carbonyl (C=O) groups is 1. The zero-order valence-corrected chi connectivity index (χ0v) is 14.1. The van der Waals surface area contributed by atoms with Crippen LogP contribution >= 0.6 is 11.6 Å². The molecule has 0 atom stereocenters. The molecule has 0 unspecified atom stereocenters. The van der Waals surface area contributed by atoms with Gasteiger partial charge in [0.25, 0.3) is 0 Å². The number of nitrogens with two attached hydrogens (primary N) is 1. The molecule has 126 valence electrons. The lowest BCUT2D eigenvalue weighted by Gasteiger charge is -2.10. The van der Waals surface area contributed by atoms with Gasteiger partial charge in [0.05, 0.1) is 36.1 Å². The van der Waals surface area contributed by atoms with Crippen LogP contribution in [0.1, 0.15) is 21.6 Å². The Kier molecular flexibility index (Phi) is 4.46. The summed E-state index contributed by atoms with van der Waals surface area (Å²) in [6.07, 6.45) is 4.80. The summed E-state index contributed by atoms with van der Waals surface area (Å²) in [6.45, 7) is 0.510.